The first-order valence-electron chi connectivity index (χ1n) is 3.77. The van der Waals surface area contributed by atoms with Crippen LogP contribution in [0, 0.1) is 5.41 Å². The highest BCUT2D eigenvalue weighted by atomic mass is 16.5. The first-order chi connectivity index (χ1) is 4.98. The summed E-state index contributed by atoms with van der Waals surface area (Å²) in [5.74, 6) is -0.769. The highest BCUT2D eigenvalue weighted by Gasteiger charge is 2.21. The standard InChI is InChI=1S/C8H16O3/c1-4-11-6-8(2,3)5-7(9)10/h4-6H2,1-3H3,(H,9,10). The van der Waals surface area contributed by atoms with Crippen LogP contribution in [-0.4, -0.2) is 24.3 Å². The predicted molar refractivity (Wildman–Crippen MR) is 42.5 cm³/mol. The summed E-state index contributed by atoms with van der Waals surface area (Å²) < 4.78 is 5.14. The smallest absolute Gasteiger partial charge is 0.303 e. The third-order valence-electron chi connectivity index (χ3n) is 1.33. The molecular weight excluding hydrogens is 144 g/mol. The quantitative estimate of drug-likeness (QED) is 0.663. The summed E-state index contributed by atoms with van der Waals surface area (Å²) in [7, 11) is 0. The molecule has 0 heterocycles. The van der Waals surface area contributed by atoms with Crippen molar-refractivity contribution in [3.8, 4) is 0 Å². The molecule has 0 radical (unpaired) electrons. The van der Waals surface area contributed by atoms with Gasteiger partial charge in [0, 0.05) is 6.61 Å². The van der Waals surface area contributed by atoms with E-state index in [0.29, 0.717) is 13.2 Å². The molecule has 1 N–H and O–H groups in total. The average Bonchev–Trinajstić information content (AvgIpc) is 1.81. The largest absolute Gasteiger partial charge is 0.481 e. The van der Waals surface area contributed by atoms with Gasteiger partial charge in [0.15, 0.2) is 0 Å². The Hall–Kier alpha value is -0.570. The Morgan fingerprint density at radius 1 is 1.55 bits per heavy atom. The van der Waals surface area contributed by atoms with E-state index < -0.39 is 5.97 Å². The van der Waals surface area contributed by atoms with Crippen molar-refractivity contribution in [1.82, 2.24) is 0 Å². The van der Waals surface area contributed by atoms with E-state index in [1.54, 1.807) is 0 Å². The lowest BCUT2D eigenvalue weighted by molar-refractivity contribution is -0.140. The van der Waals surface area contributed by atoms with Gasteiger partial charge in [-0.2, -0.15) is 0 Å². The van der Waals surface area contributed by atoms with Gasteiger partial charge in [0.25, 0.3) is 0 Å². The number of rotatable bonds is 5. The molecule has 0 saturated heterocycles. The fourth-order valence-electron chi connectivity index (χ4n) is 0.839. The molecule has 0 atom stereocenters. The van der Waals surface area contributed by atoms with Gasteiger partial charge in [-0.05, 0) is 12.3 Å². The van der Waals surface area contributed by atoms with Crippen LogP contribution in [0.3, 0.4) is 0 Å². The molecular formula is C8H16O3. The fourth-order valence-corrected chi connectivity index (χ4v) is 0.839. The second-order valence-electron chi connectivity index (χ2n) is 3.37. The Morgan fingerprint density at radius 3 is 2.45 bits per heavy atom. The minimum Gasteiger partial charge on any atom is -0.481 e. The van der Waals surface area contributed by atoms with E-state index in [9.17, 15) is 4.79 Å². The van der Waals surface area contributed by atoms with Crippen LogP contribution in [0.15, 0.2) is 0 Å². The molecule has 0 aliphatic heterocycles. The van der Waals surface area contributed by atoms with Crippen LogP contribution in [0.2, 0.25) is 0 Å². The molecule has 0 rings (SSSR count). The molecule has 0 amide bonds. The molecule has 0 saturated carbocycles. The molecule has 0 aliphatic rings. The van der Waals surface area contributed by atoms with Crippen molar-refractivity contribution in [3.05, 3.63) is 0 Å². The first kappa shape index (κ1) is 10.4. The summed E-state index contributed by atoms with van der Waals surface area (Å²) in [6.45, 7) is 6.82. The predicted octanol–water partition coefficient (Wildman–Crippen LogP) is 1.52. The van der Waals surface area contributed by atoms with Crippen molar-refractivity contribution in [3.63, 3.8) is 0 Å². The lowest BCUT2D eigenvalue weighted by atomic mass is 9.91. The zero-order valence-electron chi connectivity index (χ0n) is 7.39. The van der Waals surface area contributed by atoms with Crippen LogP contribution in [0.5, 0.6) is 0 Å². The lowest BCUT2D eigenvalue weighted by Crippen LogP contribution is -2.23. The fraction of sp³-hybridized carbons (Fsp3) is 0.875. The van der Waals surface area contributed by atoms with E-state index in [1.807, 2.05) is 20.8 Å². The number of hydrogen-bond acceptors (Lipinski definition) is 2. The minimum absolute atomic E-state index is 0.160. The maximum absolute atomic E-state index is 10.3. The number of ether oxygens (including phenoxy) is 1. The van der Waals surface area contributed by atoms with Crippen molar-refractivity contribution in [2.75, 3.05) is 13.2 Å². The molecule has 0 aromatic carbocycles. The van der Waals surface area contributed by atoms with Gasteiger partial charge in [0.05, 0.1) is 13.0 Å². The zero-order valence-corrected chi connectivity index (χ0v) is 7.39. The molecule has 3 heteroatoms. The van der Waals surface area contributed by atoms with E-state index in [-0.39, 0.29) is 11.8 Å². The van der Waals surface area contributed by atoms with Crippen molar-refractivity contribution < 1.29 is 14.6 Å². The highest BCUT2D eigenvalue weighted by molar-refractivity contribution is 5.67. The first-order valence-corrected chi connectivity index (χ1v) is 3.77. The van der Waals surface area contributed by atoms with Gasteiger partial charge in [-0.15, -0.1) is 0 Å². The van der Waals surface area contributed by atoms with Crippen LogP contribution >= 0.6 is 0 Å². The molecule has 0 aliphatic carbocycles. The second kappa shape index (κ2) is 4.34. The Morgan fingerprint density at radius 2 is 2.09 bits per heavy atom. The molecule has 0 fully saturated rings. The van der Waals surface area contributed by atoms with Gasteiger partial charge in [-0.3, -0.25) is 4.79 Å². The van der Waals surface area contributed by atoms with Crippen molar-refractivity contribution in [1.29, 1.82) is 0 Å². The molecule has 0 bridgehead atoms. The van der Waals surface area contributed by atoms with Gasteiger partial charge in [0.2, 0.25) is 0 Å². The minimum atomic E-state index is -0.769. The average molecular weight is 160 g/mol. The molecule has 0 aromatic heterocycles. The van der Waals surface area contributed by atoms with Gasteiger partial charge < -0.3 is 9.84 Å². The van der Waals surface area contributed by atoms with Crippen molar-refractivity contribution in [2.45, 2.75) is 27.2 Å². The van der Waals surface area contributed by atoms with E-state index in [1.165, 1.54) is 0 Å². The Bertz CT molecular complexity index is 129. The second-order valence-corrected chi connectivity index (χ2v) is 3.37. The summed E-state index contributed by atoms with van der Waals surface area (Å²) in [5.41, 5.74) is -0.248. The Balaban J connectivity index is 3.70. The third-order valence-corrected chi connectivity index (χ3v) is 1.33. The van der Waals surface area contributed by atoms with E-state index >= 15 is 0 Å². The van der Waals surface area contributed by atoms with Crippen LogP contribution in [-0.2, 0) is 9.53 Å². The van der Waals surface area contributed by atoms with E-state index in [4.69, 9.17) is 9.84 Å². The van der Waals surface area contributed by atoms with Crippen molar-refractivity contribution >= 4 is 5.97 Å². The van der Waals surface area contributed by atoms with Crippen LogP contribution in [0.4, 0.5) is 0 Å². The Labute approximate surface area is 67.4 Å². The van der Waals surface area contributed by atoms with Crippen LogP contribution in [0.1, 0.15) is 27.2 Å². The summed E-state index contributed by atoms with van der Waals surface area (Å²) in [5, 5.41) is 8.49. The SMILES string of the molecule is CCOCC(C)(C)CC(=O)O. The van der Waals surface area contributed by atoms with Crippen LogP contribution < -0.4 is 0 Å². The van der Waals surface area contributed by atoms with Gasteiger partial charge >= 0.3 is 5.97 Å². The summed E-state index contributed by atoms with van der Waals surface area (Å²) in [6, 6.07) is 0. The highest BCUT2D eigenvalue weighted by Crippen LogP contribution is 2.20. The molecule has 66 valence electrons. The Kier molecular flexibility index (Phi) is 4.11. The normalized spacial score (nSPS) is 11.5. The molecule has 0 aromatic rings. The topological polar surface area (TPSA) is 46.5 Å². The monoisotopic (exact) mass is 160 g/mol. The number of carbonyl (C=O) groups is 1. The molecule has 0 unspecified atom stereocenters. The summed E-state index contributed by atoms with van der Waals surface area (Å²) in [6.07, 6.45) is 0.160. The lowest BCUT2D eigenvalue weighted by Gasteiger charge is -2.21. The van der Waals surface area contributed by atoms with E-state index in [2.05, 4.69) is 0 Å². The number of hydrogen-bond donors (Lipinski definition) is 1. The van der Waals surface area contributed by atoms with Crippen LogP contribution in [0.25, 0.3) is 0 Å². The summed E-state index contributed by atoms with van der Waals surface area (Å²) >= 11 is 0. The van der Waals surface area contributed by atoms with Gasteiger partial charge in [-0.25, -0.2) is 0 Å². The molecule has 3 nitrogen and oxygen atoms in total. The van der Waals surface area contributed by atoms with Gasteiger partial charge in [-0.1, -0.05) is 13.8 Å². The number of carboxylic acid groups (broad SMARTS) is 1. The van der Waals surface area contributed by atoms with Gasteiger partial charge in [0.1, 0.15) is 0 Å². The maximum Gasteiger partial charge on any atom is 0.303 e. The third kappa shape index (κ3) is 5.85. The zero-order chi connectivity index (χ0) is 8.91. The number of carboxylic acids is 1. The molecule has 0 spiro atoms. The molecule has 11 heavy (non-hydrogen) atoms. The number of aliphatic carboxylic acids is 1. The maximum atomic E-state index is 10.3. The van der Waals surface area contributed by atoms with E-state index in [0.717, 1.165) is 0 Å². The summed E-state index contributed by atoms with van der Waals surface area (Å²) in [4.78, 5) is 10.3. The van der Waals surface area contributed by atoms with Crippen molar-refractivity contribution in [2.24, 2.45) is 5.41 Å².